The highest BCUT2D eigenvalue weighted by Crippen LogP contribution is 2.15. The van der Waals surface area contributed by atoms with Crippen LogP contribution in [0.4, 0.5) is 10.5 Å². The molecule has 0 bridgehead atoms. The van der Waals surface area contributed by atoms with Crippen molar-refractivity contribution in [2.45, 2.75) is 19.3 Å². The summed E-state index contributed by atoms with van der Waals surface area (Å²) >= 11 is 0. The van der Waals surface area contributed by atoms with E-state index < -0.39 is 12.0 Å². The normalized spacial score (nSPS) is 9.78. The molecule has 1 aromatic carbocycles. The van der Waals surface area contributed by atoms with Crippen molar-refractivity contribution in [3.63, 3.8) is 0 Å². The van der Waals surface area contributed by atoms with Gasteiger partial charge < -0.3 is 25.2 Å². The number of anilines is 1. The van der Waals surface area contributed by atoms with Gasteiger partial charge in [0.15, 0.2) is 0 Å². The fraction of sp³-hybridized carbons (Fsp3) is 0.400. The summed E-state index contributed by atoms with van der Waals surface area (Å²) in [5.74, 6) is -0.667. The molecule has 0 radical (unpaired) electrons. The highest BCUT2D eigenvalue weighted by molar-refractivity contribution is 5.89. The molecule has 2 amide bonds. The van der Waals surface area contributed by atoms with Crippen LogP contribution in [0.2, 0.25) is 0 Å². The standard InChI is InChI=1S/C15H20N2O6/c1-22-14(20)8-10-23-12-6-4-11(5-7-12)17-15(21)16-9-2-3-13(18)19/h4-7H,2-3,8-10H2,1H3,(H,18,19)(H2,16,17,21). The molecule has 0 saturated carbocycles. The summed E-state index contributed by atoms with van der Waals surface area (Å²) in [7, 11) is 1.31. The lowest BCUT2D eigenvalue weighted by atomic mass is 10.3. The Kier molecular flexibility index (Phi) is 7.98. The monoisotopic (exact) mass is 324 g/mol. The van der Waals surface area contributed by atoms with Gasteiger partial charge in [-0.3, -0.25) is 9.59 Å². The van der Waals surface area contributed by atoms with Gasteiger partial charge in [-0.15, -0.1) is 0 Å². The van der Waals surface area contributed by atoms with Gasteiger partial charge in [-0.25, -0.2) is 4.79 Å². The Labute approximate surface area is 133 Å². The highest BCUT2D eigenvalue weighted by atomic mass is 16.5. The van der Waals surface area contributed by atoms with Gasteiger partial charge in [-0.2, -0.15) is 0 Å². The summed E-state index contributed by atoms with van der Waals surface area (Å²) in [4.78, 5) is 32.8. The highest BCUT2D eigenvalue weighted by Gasteiger charge is 2.04. The van der Waals surface area contributed by atoms with E-state index in [1.165, 1.54) is 7.11 Å². The van der Waals surface area contributed by atoms with E-state index in [0.29, 0.717) is 17.9 Å². The van der Waals surface area contributed by atoms with Crippen molar-refractivity contribution in [2.24, 2.45) is 0 Å². The molecular weight excluding hydrogens is 304 g/mol. The third-order valence-corrected chi connectivity index (χ3v) is 2.77. The van der Waals surface area contributed by atoms with Crippen LogP contribution in [0.5, 0.6) is 5.75 Å². The van der Waals surface area contributed by atoms with Crippen molar-refractivity contribution >= 4 is 23.7 Å². The SMILES string of the molecule is COC(=O)CCOc1ccc(NC(=O)NCCCC(=O)O)cc1. The minimum atomic E-state index is -0.894. The molecule has 23 heavy (non-hydrogen) atoms. The van der Waals surface area contributed by atoms with E-state index in [2.05, 4.69) is 15.4 Å². The van der Waals surface area contributed by atoms with Crippen LogP contribution < -0.4 is 15.4 Å². The topological polar surface area (TPSA) is 114 Å². The van der Waals surface area contributed by atoms with Gasteiger partial charge in [-0.05, 0) is 30.7 Å². The van der Waals surface area contributed by atoms with Crippen LogP contribution in [0.15, 0.2) is 24.3 Å². The Bertz CT molecular complexity index is 529. The lowest BCUT2D eigenvalue weighted by molar-refractivity contribution is -0.141. The van der Waals surface area contributed by atoms with Gasteiger partial charge in [0, 0.05) is 18.7 Å². The van der Waals surface area contributed by atoms with Crippen LogP contribution in [0, 0.1) is 0 Å². The summed E-state index contributed by atoms with van der Waals surface area (Å²) in [5.41, 5.74) is 0.570. The van der Waals surface area contributed by atoms with Crippen molar-refractivity contribution in [2.75, 3.05) is 25.6 Å². The van der Waals surface area contributed by atoms with Crippen molar-refractivity contribution < 1.29 is 29.0 Å². The second-order valence-corrected chi connectivity index (χ2v) is 4.58. The number of methoxy groups -OCH3 is 1. The summed E-state index contributed by atoms with van der Waals surface area (Å²) in [6.45, 7) is 0.496. The number of carbonyl (C=O) groups is 3. The number of amides is 2. The van der Waals surface area contributed by atoms with E-state index in [-0.39, 0.29) is 32.0 Å². The van der Waals surface area contributed by atoms with E-state index in [4.69, 9.17) is 9.84 Å². The number of ether oxygens (including phenoxy) is 2. The van der Waals surface area contributed by atoms with E-state index in [0.717, 1.165) is 0 Å². The van der Waals surface area contributed by atoms with Crippen LogP contribution in [0.25, 0.3) is 0 Å². The number of esters is 1. The number of carboxylic acid groups (broad SMARTS) is 1. The van der Waals surface area contributed by atoms with E-state index in [1.54, 1.807) is 24.3 Å². The number of nitrogens with one attached hydrogen (secondary N) is 2. The molecule has 3 N–H and O–H groups in total. The Morgan fingerprint density at radius 1 is 1.13 bits per heavy atom. The van der Waals surface area contributed by atoms with Crippen molar-refractivity contribution in [3.05, 3.63) is 24.3 Å². The number of benzene rings is 1. The lowest BCUT2D eigenvalue weighted by Crippen LogP contribution is -2.29. The molecule has 1 aromatic rings. The minimum Gasteiger partial charge on any atom is -0.493 e. The molecule has 0 aromatic heterocycles. The molecule has 0 aliphatic rings. The summed E-state index contributed by atoms with van der Waals surface area (Å²) in [5, 5.41) is 13.7. The van der Waals surface area contributed by atoms with Crippen molar-refractivity contribution in [1.82, 2.24) is 5.32 Å². The molecule has 0 unspecified atom stereocenters. The van der Waals surface area contributed by atoms with E-state index in [9.17, 15) is 14.4 Å². The Morgan fingerprint density at radius 2 is 1.83 bits per heavy atom. The fourth-order valence-corrected chi connectivity index (χ4v) is 1.61. The molecule has 126 valence electrons. The third kappa shape index (κ3) is 8.30. The average molecular weight is 324 g/mol. The second-order valence-electron chi connectivity index (χ2n) is 4.58. The van der Waals surface area contributed by atoms with Gasteiger partial charge in [0.25, 0.3) is 0 Å². The predicted octanol–water partition coefficient (Wildman–Crippen LogP) is 1.61. The van der Waals surface area contributed by atoms with Crippen LogP contribution in [-0.4, -0.2) is 43.3 Å². The Hall–Kier alpha value is -2.77. The molecular formula is C15H20N2O6. The molecule has 1 rings (SSSR count). The fourth-order valence-electron chi connectivity index (χ4n) is 1.61. The average Bonchev–Trinajstić information content (AvgIpc) is 2.53. The maximum absolute atomic E-state index is 11.6. The number of aliphatic carboxylic acids is 1. The first-order valence-electron chi connectivity index (χ1n) is 7.07. The zero-order chi connectivity index (χ0) is 17.1. The van der Waals surface area contributed by atoms with E-state index in [1.807, 2.05) is 0 Å². The number of urea groups is 1. The van der Waals surface area contributed by atoms with Gasteiger partial charge in [0.2, 0.25) is 0 Å². The Balaban J connectivity index is 2.28. The molecule has 0 atom stereocenters. The van der Waals surface area contributed by atoms with E-state index >= 15 is 0 Å². The van der Waals surface area contributed by atoms with Gasteiger partial charge in [0.05, 0.1) is 20.1 Å². The van der Waals surface area contributed by atoms with Crippen molar-refractivity contribution in [1.29, 1.82) is 0 Å². The summed E-state index contributed by atoms with van der Waals surface area (Å²) in [6, 6.07) is 6.23. The summed E-state index contributed by atoms with van der Waals surface area (Å²) < 4.78 is 9.85. The molecule has 0 fully saturated rings. The lowest BCUT2D eigenvalue weighted by Gasteiger charge is -2.09. The van der Waals surface area contributed by atoms with Crippen LogP contribution in [0.3, 0.4) is 0 Å². The largest absolute Gasteiger partial charge is 0.493 e. The molecule has 0 saturated heterocycles. The maximum atomic E-state index is 11.6. The van der Waals surface area contributed by atoms with Crippen LogP contribution in [-0.2, 0) is 14.3 Å². The Morgan fingerprint density at radius 3 is 2.43 bits per heavy atom. The first-order chi connectivity index (χ1) is 11.0. The van der Waals surface area contributed by atoms with Crippen molar-refractivity contribution in [3.8, 4) is 5.75 Å². The first kappa shape index (κ1) is 18.3. The number of rotatable bonds is 9. The number of hydrogen-bond acceptors (Lipinski definition) is 5. The third-order valence-electron chi connectivity index (χ3n) is 2.77. The molecule has 0 heterocycles. The second kappa shape index (κ2) is 10.0. The van der Waals surface area contributed by atoms with Gasteiger partial charge in [0.1, 0.15) is 5.75 Å². The smallest absolute Gasteiger partial charge is 0.319 e. The molecule has 0 spiro atoms. The maximum Gasteiger partial charge on any atom is 0.319 e. The minimum absolute atomic E-state index is 0.0118. The zero-order valence-corrected chi connectivity index (χ0v) is 12.8. The molecule has 8 nitrogen and oxygen atoms in total. The molecule has 0 aliphatic carbocycles. The van der Waals surface area contributed by atoms with Crippen LogP contribution in [0.1, 0.15) is 19.3 Å². The first-order valence-corrected chi connectivity index (χ1v) is 7.07. The zero-order valence-electron chi connectivity index (χ0n) is 12.8. The number of carboxylic acids is 1. The number of hydrogen-bond donors (Lipinski definition) is 3. The summed E-state index contributed by atoms with van der Waals surface area (Å²) in [6.07, 6.45) is 0.545. The molecule has 8 heteroatoms. The number of carbonyl (C=O) groups excluding carboxylic acids is 2. The molecule has 0 aliphatic heterocycles. The van der Waals surface area contributed by atoms with Crippen LogP contribution >= 0.6 is 0 Å². The quantitative estimate of drug-likeness (QED) is 0.470. The van der Waals surface area contributed by atoms with Gasteiger partial charge >= 0.3 is 18.0 Å². The van der Waals surface area contributed by atoms with Gasteiger partial charge in [-0.1, -0.05) is 0 Å². The predicted molar refractivity (Wildman–Crippen MR) is 82.5 cm³/mol.